The molecule has 1 heterocycles. The van der Waals surface area contributed by atoms with Crippen LogP contribution in [0.4, 0.5) is 5.69 Å². The quantitative estimate of drug-likeness (QED) is 0.836. The second-order valence-electron chi connectivity index (χ2n) is 6.81. The Morgan fingerprint density at radius 2 is 1.68 bits per heavy atom. The molecule has 0 bridgehead atoms. The standard InChI is InChI=1S/C22H27N3O3/c1-3-11-23-21(26)17-5-4-6-18(16-17)22(27)25-14-12-24(13-15-25)19-7-9-20(28-2)10-8-19/h4-10,16H,3,11-15H2,1-2H3,(H,23,26). The molecule has 6 heteroatoms. The summed E-state index contributed by atoms with van der Waals surface area (Å²) in [6.07, 6.45) is 0.878. The van der Waals surface area contributed by atoms with Crippen LogP contribution in [0.3, 0.4) is 0 Å². The molecule has 0 unspecified atom stereocenters. The number of amides is 2. The molecule has 28 heavy (non-hydrogen) atoms. The minimum atomic E-state index is -0.138. The van der Waals surface area contributed by atoms with Gasteiger partial charge in [-0.15, -0.1) is 0 Å². The lowest BCUT2D eigenvalue weighted by atomic mass is 10.1. The summed E-state index contributed by atoms with van der Waals surface area (Å²) in [5.41, 5.74) is 2.21. The number of ether oxygens (including phenoxy) is 1. The Hall–Kier alpha value is -3.02. The number of carbonyl (C=O) groups excluding carboxylic acids is 2. The number of anilines is 1. The molecule has 0 atom stereocenters. The third-order valence-electron chi connectivity index (χ3n) is 4.91. The number of hydrogen-bond acceptors (Lipinski definition) is 4. The molecule has 148 valence electrons. The van der Waals surface area contributed by atoms with Crippen LogP contribution in [0.15, 0.2) is 48.5 Å². The molecule has 1 aliphatic heterocycles. The van der Waals surface area contributed by atoms with Gasteiger partial charge in [0.05, 0.1) is 7.11 Å². The Morgan fingerprint density at radius 1 is 1.00 bits per heavy atom. The molecule has 2 aromatic rings. The van der Waals surface area contributed by atoms with E-state index in [1.54, 1.807) is 31.4 Å². The fourth-order valence-corrected chi connectivity index (χ4v) is 3.28. The Bertz CT molecular complexity index is 812. The number of piperazine rings is 1. The van der Waals surface area contributed by atoms with Crippen molar-refractivity contribution in [1.82, 2.24) is 10.2 Å². The monoisotopic (exact) mass is 381 g/mol. The van der Waals surface area contributed by atoms with Crippen LogP contribution in [0.2, 0.25) is 0 Å². The lowest BCUT2D eigenvalue weighted by molar-refractivity contribution is 0.0747. The van der Waals surface area contributed by atoms with Crippen molar-refractivity contribution in [3.8, 4) is 5.75 Å². The molecule has 0 saturated carbocycles. The summed E-state index contributed by atoms with van der Waals surface area (Å²) in [6, 6.07) is 14.9. The number of methoxy groups -OCH3 is 1. The van der Waals surface area contributed by atoms with Gasteiger partial charge >= 0.3 is 0 Å². The van der Waals surface area contributed by atoms with Crippen LogP contribution in [0, 0.1) is 0 Å². The average molecular weight is 381 g/mol. The maximum absolute atomic E-state index is 12.9. The lowest BCUT2D eigenvalue weighted by Gasteiger charge is -2.36. The number of rotatable bonds is 6. The van der Waals surface area contributed by atoms with Gasteiger partial charge in [0, 0.05) is 49.5 Å². The summed E-state index contributed by atoms with van der Waals surface area (Å²) in [6.45, 7) is 5.48. The van der Waals surface area contributed by atoms with Crippen LogP contribution in [-0.2, 0) is 0 Å². The van der Waals surface area contributed by atoms with E-state index >= 15 is 0 Å². The predicted molar refractivity (Wildman–Crippen MR) is 110 cm³/mol. The zero-order valence-electron chi connectivity index (χ0n) is 16.5. The van der Waals surface area contributed by atoms with Crippen LogP contribution >= 0.6 is 0 Å². The fraction of sp³-hybridized carbons (Fsp3) is 0.364. The first-order chi connectivity index (χ1) is 13.6. The first kappa shape index (κ1) is 19.7. The van der Waals surface area contributed by atoms with Crippen LogP contribution in [0.25, 0.3) is 0 Å². The number of carbonyl (C=O) groups is 2. The molecule has 3 rings (SSSR count). The highest BCUT2D eigenvalue weighted by molar-refractivity contribution is 5.99. The molecule has 6 nitrogen and oxygen atoms in total. The number of benzene rings is 2. The summed E-state index contributed by atoms with van der Waals surface area (Å²) in [4.78, 5) is 29.1. The molecule has 2 amide bonds. The molecular formula is C22H27N3O3. The van der Waals surface area contributed by atoms with E-state index in [1.807, 2.05) is 36.1 Å². The largest absolute Gasteiger partial charge is 0.497 e. The third kappa shape index (κ3) is 4.63. The first-order valence-corrected chi connectivity index (χ1v) is 9.69. The topological polar surface area (TPSA) is 61.9 Å². The zero-order chi connectivity index (χ0) is 19.9. The zero-order valence-corrected chi connectivity index (χ0v) is 16.5. The average Bonchev–Trinajstić information content (AvgIpc) is 2.77. The fourth-order valence-electron chi connectivity index (χ4n) is 3.28. The van der Waals surface area contributed by atoms with Crippen molar-refractivity contribution in [1.29, 1.82) is 0 Å². The van der Waals surface area contributed by atoms with Crippen molar-refractivity contribution in [2.45, 2.75) is 13.3 Å². The highest BCUT2D eigenvalue weighted by Gasteiger charge is 2.23. The molecule has 1 N–H and O–H groups in total. The van der Waals surface area contributed by atoms with Crippen LogP contribution < -0.4 is 15.0 Å². The molecular weight excluding hydrogens is 354 g/mol. The van der Waals surface area contributed by atoms with Gasteiger partial charge < -0.3 is 19.9 Å². The molecule has 1 aliphatic rings. The van der Waals surface area contributed by atoms with E-state index in [0.717, 1.165) is 30.9 Å². The summed E-state index contributed by atoms with van der Waals surface area (Å²) in [5.74, 6) is 0.667. The van der Waals surface area contributed by atoms with Crippen molar-refractivity contribution in [3.63, 3.8) is 0 Å². The third-order valence-corrected chi connectivity index (χ3v) is 4.91. The molecule has 0 aliphatic carbocycles. The van der Waals surface area contributed by atoms with E-state index < -0.39 is 0 Å². The van der Waals surface area contributed by atoms with Gasteiger partial charge in [0.25, 0.3) is 11.8 Å². The summed E-state index contributed by atoms with van der Waals surface area (Å²) >= 11 is 0. The smallest absolute Gasteiger partial charge is 0.253 e. The van der Waals surface area contributed by atoms with Gasteiger partial charge in [-0.3, -0.25) is 9.59 Å². The molecule has 0 spiro atoms. The van der Waals surface area contributed by atoms with Gasteiger partial charge in [-0.05, 0) is 48.9 Å². The lowest BCUT2D eigenvalue weighted by Crippen LogP contribution is -2.48. The van der Waals surface area contributed by atoms with Crippen molar-refractivity contribution >= 4 is 17.5 Å². The van der Waals surface area contributed by atoms with Crippen LogP contribution in [0.5, 0.6) is 5.75 Å². The van der Waals surface area contributed by atoms with E-state index in [-0.39, 0.29) is 11.8 Å². The van der Waals surface area contributed by atoms with E-state index in [9.17, 15) is 9.59 Å². The number of nitrogens with one attached hydrogen (secondary N) is 1. The van der Waals surface area contributed by atoms with Crippen molar-refractivity contribution in [3.05, 3.63) is 59.7 Å². The van der Waals surface area contributed by atoms with Gasteiger partial charge in [0.15, 0.2) is 0 Å². The first-order valence-electron chi connectivity index (χ1n) is 9.69. The molecule has 0 radical (unpaired) electrons. The minimum absolute atomic E-state index is 0.0282. The SMILES string of the molecule is CCCNC(=O)c1cccc(C(=O)N2CCN(c3ccc(OC)cc3)CC2)c1. The van der Waals surface area contributed by atoms with Gasteiger partial charge in [0.2, 0.25) is 0 Å². The van der Waals surface area contributed by atoms with Gasteiger partial charge in [0.1, 0.15) is 5.75 Å². The Balaban J connectivity index is 1.61. The van der Waals surface area contributed by atoms with E-state index in [1.165, 1.54) is 0 Å². The molecule has 0 aromatic heterocycles. The van der Waals surface area contributed by atoms with Crippen molar-refractivity contribution < 1.29 is 14.3 Å². The van der Waals surface area contributed by atoms with E-state index in [0.29, 0.717) is 30.8 Å². The van der Waals surface area contributed by atoms with E-state index in [4.69, 9.17) is 4.74 Å². The maximum atomic E-state index is 12.9. The number of hydrogen-bond donors (Lipinski definition) is 1. The van der Waals surface area contributed by atoms with Crippen LogP contribution in [0.1, 0.15) is 34.1 Å². The second-order valence-corrected chi connectivity index (χ2v) is 6.81. The maximum Gasteiger partial charge on any atom is 0.253 e. The van der Waals surface area contributed by atoms with Crippen molar-refractivity contribution in [2.24, 2.45) is 0 Å². The number of nitrogens with zero attached hydrogens (tertiary/aromatic N) is 2. The Kier molecular flexibility index (Phi) is 6.53. The van der Waals surface area contributed by atoms with Crippen LogP contribution in [-0.4, -0.2) is 56.5 Å². The molecule has 1 fully saturated rings. The van der Waals surface area contributed by atoms with Gasteiger partial charge in [-0.1, -0.05) is 13.0 Å². The van der Waals surface area contributed by atoms with Gasteiger partial charge in [-0.25, -0.2) is 0 Å². The summed E-state index contributed by atoms with van der Waals surface area (Å²) < 4.78 is 5.20. The normalized spacial score (nSPS) is 13.9. The van der Waals surface area contributed by atoms with E-state index in [2.05, 4.69) is 10.2 Å². The highest BCUT2D eigenvalue weighted by Crippen LogP contribution is 2.21. The Morgan fingerprint density at radius 3 is 2.32 bits per heavy atom. The Labute approximate surface area is 166 Å². The second kappa shape index (κ2) is 9.26. The highest BCUT2D eigenvalue weighted by atomic mass is 16.5. The summed E-state index contributed by atoms with van der Waals surface area (Å²) in [7, 11) is 1.65. The predicted octanol–water partition coefficient (Wildman–Crippen LogP) is 2.80. The molecule has 2 aromatic carbocycles. The minimum Gasteiger partial charge on any atom is -0.497 e. The van der Waals surface area contributed by atoms with Crippen molar-refractivity contribution in [2.75, 3.05) is 44.7 Å². The summed E-state index contributed by atoms with van der Waals surface area (Å²) in [5, 5.41) is 2.85. The molecule has 1 saturated heterocycles. The van der Waals surface area contributed by atoms with Gasteiger partial charge in [-0.2, -0.15) is 0 Å².